The van der Waals surface area contributed by atoms with Crippen LogP contribution < -0.4 is 20.3 Å². The average Bonchev–Trinajstić information content (AvgIpc) is 2.86. The maximum Gasteiger partial charge on any atom is 0.256 e. The number of likely N-dealkylation sites (tertiary alicyclic amines) is 1. The number of amides is 2. The summed E-state index contributed by atoms with van der Waals surface area (Å²) in [4.78, 5) is 40.9. The van der Waals surface area contributed by atoms with Gasteiger partial charge in [0, 0.05) is 37.7 Å². The summed E-state index contributed by atoms with van der Waals surface area (Å²) >= 11 is 0. The molecule has 2 heterocycles. The van der Waals surface area contributed by atoms with Crippen LogP contribution in [0, 0.1) is 0 Å². The predicted octanol–water partition coefficient (Wildman–Crippen LogP) is 3.43. The van der Waals surface area contributed by atoms with Crippen LogP contribution in [0.25, 0.3) is 10.9 Å². The fourth-order valence-electron chi connectivity index (χ4n) is 4.21. The molecule has 0 unspecified atom stereocenters. The van der Waals surface area contributed by atoms with Gasteiger partial charge in [0.25, 0.3) is 17.4 Å². The lowest BCUT2D eigenvalue weighted by molar-refractivity contribution is 0.0725. The van der Waals surface area contributed by atoms with Gasteiger partial charge < -0.3 is 24.3 Å². The minimum absolute atomic E-state index is 0.181. The summed E-state index contributed by atoms with van der Waals surface area (Å²) in [5, 5.41) is 3.48. The van der Waals surface area contributed by atoms with E-state index in [0.717, 1.165) is 19.3 Å². The summed E-state index contributed by atoms with van der Waals surface area (Å²) in [5.74, 6) is 0.121. The second kappa shape index (κ2) is 9.36. The maximum atomic E-state index is 13.3. The Balaban J connectivity index is 1.78. The number of nitrogens with zero attached hydrogens (tertiary/aromatic N) is 2. The number of piperidine rings is 1. The minimum atomic E-state index is -0.483. The van der Waals surface area contributed by atoms with Crippen molar-refractivity contribution in [1.29, 1.82) is 0 Å². The Hall–Kier alpha value is -3.81. The van der Waals surface area contributed by atoms with E-state index in [0.29, 0.717) is 46.7 Å². The molecule has 8 nitrogen and oxygen atoms in total. The third-order valence-corrected chi connectivity index (χ3v) is 6.04. The zero-order valence-electron chi connectivity index (χ0n) is 19.0. The Morgan fingerprint density at radius 3 is 2.27 bits per heavy atom. The van der Waals surface area contributed by atoms with Crippen LogP contribution >= 0.6 is 0 Å². The summed E-state index contributed by atoms with van der Waals surface area (Å²) in [7, 11) is 4.65. The van der Waals surface area contributed by atoms with Gasteiger partial charge in [-0.1, -0.05) is 18.2 Å². The normalized spacial score (nSPS) is 13.6. The highest BCUT2D eigenvalue weighted by Crippen LogP contribution is 2.35. The van der Waals surface area contributed by atoms with Crippen molar-refractivity contribution in [2.75, 3.05) is 32.6 Å². The highest BCUT2D eigenvalue weighted by Gasteiger charge is 2.25. The lowest BCUT2D eigenvalue weighted by Crippen LogP contribution is -2.36. The van der Waals surface area contributed by atoms with Gasteiger partial charge in [0.2, 0.25) is 0 Å². The van der Waals surface area contributed by atoms with Gasteiger partial charge in [0.1, 0.15) is 0 Å². The van der Waals surface area contributed by atoms with E-state index < -0.39 is 5.91 Å². The third-order valence-electron chi connectivity index (χ3n) is 6.04. The molecule has 1 aromatic heterocycles. The topological polar surface area (TPSA) is 89.9 Å². The number of anilines is 1. The molecule has 0 saturated carbocycles. The van der Waals surface area contributed by atoms with Gasteiger partial charge in [0.05, 0.1) is 36.6 Å². The minimum Gasteiger partial charge on any atom is -0.493 e. The first-order valence-electron chi connectivity index (χ1n) is 10.9. The smallest absolute Gasteiger partial charge is 0.256 e. The van der Waals surface area contributed by atoms with E-state index in [4.69, 9.17) is 9.47 Å². The van der Waals surface area contributed by atoms with Crippen LogP contribution in [-0.2, 0) is 7.05 Å². The molecule has 0 bridgehead atoms. The number of aromatic nitrogens is 1. The molecule has 1 aliphatic rings. The lowest BCUT2D eigenvalue weighted by atomic mass is 10.1. The van der Waals surface area contributed by atoms with Gasteiger partial charge in [-0.2, -0.15) is 0 Å². The SMILES string of the molecule is COc1cc(NC(=O)c2cc(=O)n(C)c3ccccc23)c(C(=O)N2CCCCC2)cc1OC. The van der Waals surface area contributed by atoms with E-state index in [-0.39, 0.29) is 17.0 Å². The summed E-state index contributed by atoms with van der Waals surface area (Å²) < 4.78 is 12.3. The molecule has 33 heavy (non-hydrogen) atoms. The molecular weight excluding hydrogens is 422 g/mol. The van der Waals surface area contributed by atoms with E-state index in [1.54, 1.807) is 36.2 Å². The summed E-state index contributed by atoms with van der Waals surface area (Å²) in [5.41, 5.74) is 1.21. The second-order valence-corrected chi connectivity index (χ2v) is 8.03. The van der Waals surface area contributed by atoms with Crippen molar-refractivity contribution < 1.29 is 19.1 Å². The number of hydrogen-bond acceptors (Lipinski definition) is 5. The van der Waals surface area contributed by atoms with Crippen molar-refractivity contribution in [2.24, 2.45) is 7.05 Å². The van der Waals surface area contributed by atoms with Gasteiger partial charge in [-0.15, -0.1) is 0 Å². The van der Waals surface area contributed by atoms with E-state index in [2.05, 4.69) is 5.32 Å². The van der Waals surface area contributed by atoms with Crippen molar-refractivity contribution >= 4 is 28.4 Å². The monoisotopic (exact) mass is 449 g/mol. The van der Waals surface area contributed by atoms with Gasteiger partial charge >= 0.3 is 0 Å². The van der Waals surface area contributed by atoms with Crippen LogP contribution in [-0.4, -0.2) is 48.6 Å². The van der Waals surface area contributed by atoms with Crippen LogP contribution in [0.15, 0.2) is 47.3 Å². The molecule has 2 aromatic carbocycles. The molecule has 1 saturated heterocycles. The quantitative estimate of drug-likeness (QED) is 0.645. The molecule has 172 valence electrons. The highest BCUT2D eigenvalue weighted by atomic mass is 16.5. The number of hydrogen-bond donors (Lipinski definition) is 1. The van der Waals surface area contributed by atoms with Gasteiger partial charge in [-0.25, -0.2) is 0 Å². The molecule has 0 atom stereocenters. The molecule has 4 rings (SSSR count). The van der Waals surface area contributed by atoms with Gasteiger partial charge in [0.15, 0.2) is 11.5 Å². The van der Waals surface area contributed by atoms with Crippen molar-refractivity contribution in [3.05, 3.63) is 63.9 Å². The van der Waals surface area contributed by atoms with Crippen LogP contribution in [0.5, 0.6) is 11.5 Å². The Morgan fingerprint density at radius 2 is 1.58 bits per heavy atom. The van der Waals surface area contributed by atoms with Crippen LogP contribution in [0.2, 0.25) is 0 Å². The Bertz CT molecular complexity index is 1280. The molecule has 0 aliphatic carbocycles. The molecule has 3 aromatic rings. The standard InChI is InChI=1S/C25H27N3O5/c1-27-20-10-6-5-9-16(20)17(14-23(27)29)24(30)26-19-15-22(33-3)21(32-2)13-18(19)25(31)28-11-7-4-8-12-28/h5-6,9-10,13-15H,4,7-8,11-12H2,1-3H3,(H,26,30). The van der Waals surface area contributed by atoms with Crippen molar-refractivity contribution in [1.82, 2.24) is 9.47 Å². The van der Waals surface area contributed by atoms with Crippen molar-refractivity contribution in [3.8, 4) is 11.5 Å². The van der Waals surface area contributed by atoms with E-state index >= 15 is 0 Å². The summed E-state index contributed by atoms with van der Waals surface area (Å²) in [6.07, 6.45) is 2.98. The van der Waals surface area contributed by atoms with E-state index in [1.807, 2.05) is 12.1 Å². The molecule has 1 aliphatic heterocycles. The maximum absolute atomic E-state index is 13.3. The first-order valence-corrected chi connectivity index (χ1v) is 10.9. The Morgan fingerprint density at radius 1 is 0.909 bits per heavy atom. The first-order chi connectivity index (χ1) is 15.9. The molecule has 1 fully saturated rings. The number of aryl methyl sites for hydroxylation is 1. The zero-order valence-corrected chi connectivity index (χ0v) is 19.0. The number of ether oxygens (including phenoxy) is 2. The summed E-state index contributed by atoms with van der Waals surface area (Å²) in [6.45, 7) is 1.33. The predicted molar refractivity (Wildman–Crippen MR) is 126 cm³/mol. The number of para-hydroxylation sites is 1. The number of rotatable bonds is 5. The lowest BCUT2D eigenvalue weighted by Gasteiger charge is -2.28. The number of benzene rings is 2. The average molecular weight is 450 g/mol. The fraction of sp³-hybridized carbons (Fsp3) is 0.320. The van der Waals surface area contributed by atoms with Crippen LogP contribution in [0.1, 0.15) is 40.0 Å². The Labute approximate surface area is 191 Å². The molecule has 2 amide bonds. The molecule has 8 heteroatoms. The second-order valence-electron chi connectivity index (χ2n) is 8.03. The van der Waals surface area contributed by atoms with E-state index in [9.17, 15) is 14.4 Å². The zero-order chi connectivity index (χ0) is 23.5. The van der Waals surface area contributed by atoms with Crippen molar-refractivity contribution in [3.63, 3.8) is 0 Å². The molecule has 0 radical (unpaired) electrons. The highest BCUT2D eigenvalue weighted by molar-refractivity contribution is 6.14. The number of fused-ring (bicyclic) bond motifs is 1. The molecular formula is C25H27N3O5. The Kier molecular flexibility index (Phi) is 6.35. The molecule has 0 spiro atoms. The van der Waals surface area contributed by atoms with Crippen LogP contribution in [0.3, 0.4) is 0 Å². The fourth-order valence-corrected chi connectivity index (χ4v) is 4.21. The van der Waals surface area contributed by atoms with Gasteiger partial charge in [-0.05, 0) is 31.4 Å². The number of pyridine rings is 1. The third kappa shape index (κ3) is 4.28. The van der Waals surface area contributed by atoms with E-state index in [1.165, 1.54) is 24.9 Å². The summed E-state index contributed by atoms with van der Waals surface area (Å²) in [6, 6.07) is 11.7. The number of carbonyl (C=O) groups excluding carboxylic acids is 2. The molecule has 1 N–H and O–H groups in total. The first kappa shape index (κ1) is 22.4. The largest absolute Gasteiger partial charge is 0.493 e. The van der Waals surface area contributed by atoms with Gasteiger partial charge in [-0.3, -0.25) is 14.4 Å². The number of nitrogens with one attached hydrogen (secondary N) is 1. The number of methoxy groups -OCH3 is 2. The van der Waals surface area contributed by atoms with Crippen molar-refractivity contribution in [2.45, 2.75) is 19.3 Å². The van der Waals surface area contributed by atoms with Crippen LogP contribution in [0.4, 0.5) is 5.69 Å². The number of carbonyl (C=O) groups is 2.